The summed E-state index contributed by atoms with van der Waals surface area (Å²) in [7, 11) is -3.43. The Hall–Kier alpha value is -0.640. The molecule has 0 saturated carbocycles. The van der Waals surface area contributed by atoms with Crippen molar-refractivity contribution < 1.29 is 13.2 Å². The molecule has 0 amide bonds. The van der Waals surface area contributed by atoms with E-state index in [9.17, 15) is 8.42 Å². The summed E-state index contributed by atoms with van der Waals surface area (Å²) >= 11 is 0. The maximum absolute atomic E-state index is 11.8. The summed E-state index contributed by atoms with van der Waals surface area (Å²) in [5.74, 6) is 0. The molecule has 0 aromatic rings. The van der Waals surface area contributed by atoms with Crippen LogP contribution in [0.25, 0.3) is 0 Å². The van der Waals surface area contributed by atoms with Crippen LogP contribution in [0, 0.1) is 11.3 Å². The van der Waals surface area contributed by atoms with Crippen molar-refractivity contribution in [1.29, 1.82) is 5.26 Å². The van der Waals surface area contributed by atoms with Crippen LogP contribution in [0.5, 0.6) is 0 Å². The van der Waals surface area contributed by atoms with E-state index in [1.165, 1.54) is 11.2 Å². The lowest BCUT2D eigenvalue weighted by atomic mass is 10.1. The molecule has 1 saturated heterocycles. The number of sulfonamides is 1. The van der Waals surface area contributed by atoms with Crippen LogP contribution in [0.2, 0.25) is 0 Å². The molecule has 1 rings (SSSR count). The highest BCUT2D eigenvalue weighted by atomic mass is 32.2. The van der Waals surface area contributed by atoms with E-state index < -0.39 is 15.3 Å². The number of piperidine rings is 1. The molecule has 0 spiro atoms. The van der Waals surface area contributed by atoms with Crippen LogP contribution in [0.3, 0.4) is 0 Å². The third kappa shape index (κ3) is 2.94. The Labute approximate surface area is 97.0 Å². The first kappa shape index (κ1) is 13.4. The number of hydrogen-bond acceptors (Lipinski definition) is 4. The monoisotopic (exact) mass is 246 g/mol. The zero-order valence-electron chi connectivity index (χ0n) is 9.72. The molecule has 1 atom stereocenters. The van der Waals surface area contributed by atoms with Crippen molar-refractivity contribution in [3.05, 3.63) is 0 Å². The van der Waals surface area contributed by atoms with E-state index in [1.54, 1.807) is 6.07 Å². The Bertz CT molecular complexity index is 353. The normalized spacial score (nSPS) is 21.6. The van der Waals surface area contributed by atoms with Crippen molar-refractivity contribution in [2.45, 2.75) is 38.0 Å². The summed E-state index contributed by atoms with van der Waals surface area (Å²) in [6.07, 6.45) is 1.59. The van der Waals surface area contributed by atoms with E-state index in [-0.39, 0.29) is 6.10 Å². The molecule has 0 aliphatic carbocycles. The standard InChI is InChI=1S/C10H18N2O3S/c1-3-15-10-4-6-12(7-5-10)16(13,14)9(2)8-11/h9-10H,3-7H2,1-2H3. The summed E-state index contributed by atoms with van der Waals surface area (Å²) in [6, 6.07) is 1.78. The molecule has 0 bridgehead atoms. The molecular weight excluding hydrogens is 228 g/mol. The molecule has 6 heteroatoms. The van der Waals surface area contributed by atoms with Gasteiger partial charge in [-0.3, -0.25) is 0 Å². The van der Waals surface area contributed by atoms with E-state index in [2.05, 4.69) is 0 Å². The minimum absolute atomic E-state index is 0.161. The topological polar surface area (TPSA) is 70.4 Å². The molecular formula is C10H18N2O3S. The summed E-state index contributed by atoms with van der Waals surface area (Å²) in [4.78, 5) is 0. The van der Waals surface area contributed by atoms with Gasteiger partial charge in [-0.15, -0.1) is 0 Å². The zero-order valence-corrected chi connectivity index (χ0v) is 10.5. The Morgan fingerprint density at radius 3 is 2.50 bits per heavy atom. The van der Waals surface area contributed by atoms with Gasteiger partial charge in [-0.05, 0) is 26.7 Å². The fourth-order valence-electron chi connectivity index (χ4n) is 1.78. The molecule has 1 heterocycles. The van der Waals surface area contributed by atoms with Crippen molar-refractivity contribution in [2.75, 3.05) is 19.7 Å². The first-order valence-electron chi connectivity index (χ1n) is 5.52. The van der Waals surface area contributed by atoms with E-state index in [1.807, 2.05) is 6.92 Å². The minimum atomic E-state index is -3.43. The Balaban J connectivity index is 2.58. The highest BCUT2D eigenvalue weighted by Crippen LogP contribution is 2.18. The molecule has 92 valence electrons. The highest BCUT2D eigenvalue weighted by molar-refractivity contribution is 7.89. The molecule has 1 aliphatic heterocycles. The Morgan fingerprint density at radius 1 is 1.50 bits per heavy atom. The van der Waals surface area contributed by atoms with Gasteiger partial charge in [-0.1, -0.05) is 0 Å². The van der Waals surface area contributed by atoms with E-state index in [4.69, 9.17) is 10.00 Å². The third-order valence-corrected chi connectivity index (χ3v) is 4.88. The second-order valence-corrected chi connectivity index (χ2v) is 6.12. The fraction of sp³-hybridized carbons (Fsp3) is 0.900. The Morgan fingerprint density at radius 2 is 2.06 bits per heavy atom. The van der Waals surface area contributed by atoms with Crippen LogP contribution < -0.4 is 0 Å². The van der Waals surface area contributed by atoms with Gasteiger partial charge in [0.05, 0.1) is 12.2 Å². The van der Waals surface area contributed by atoms with Crippen LogP contribution in [-0.4, -0.2) is 43.8 Å². The maximum atomic E-state index is 11.8. The third-order valence-electron chi connectivity index (χ3n) is 2.79. The summed E-state index contributed by atoms with van der Waals surface area (Å²) in [5.41, 5.74) is 0. The van der Waals surface area contributed by atoms with Crippen molar-refractivity contribution in [3.63, 3.8) is 0 Å². The average molecular weight is 246 g/mol. The van der Waals surface area contributed by atoms with Crippen molar-refractivity contribution in [2.24, 2.45) is 0 Å². The number of rotatable bonds is 4. The molecule has 1 fully saturated rings. The molecule has 0 aromatic heterocycles. The van der Waals surface area contributed by atoms with Crippen LogP contribution >= 0.6 is 0 Å². The quantitative estimate of drug-likeness (QED) is 0.733. The van der Waals surface area contributed by atoms with Crippen LogP contribution in [0.1, 0.15) is 26.7 Å². The Kier molecular flexibility index (Phi) is 4.71. The number of ether oxygens (including phenoxy) is 1. The van der Waals surface area contributed by atoms with Gasteiger partial charge in [0.1, 0.15) is 0 Å². The highest BCUT2D eigenvalue weighted by Gasteiger charge is 2.32. The molecule has 1 unspecified atom stereocenters. The van der Waals surface area contributed by atoms with E-state index >= 15 is 0 Å². The zero-order chi connectivity index (χ0) is 12.2. The minimum Gasteiger partial charge on any atom is -0.378 e. The lowest BCUT2D eigenvalue weighted by molar-refractivity contribution is 0.0289. The fourth-order valence-corrected chi connectivity index (χ4v) is 3.08. The van der Waals surface area contributed by atoms with Gasteiger partial charge in [0.15, 0.2) is 5.25 Å². The predicted octanol–water partition coefficient (Wildman–Crippen LogP) is 0.729. The maximum Gasteiger partial charge on any atom is 0.230 e. The predicted molar refractivity (Wildman–Crippen MR) is 60.2 cm³/mol. The average Bonchev–Trinajstić information content (AvgIpc) is 2.29. The van der Waals surface area contributed by atoms with Crippen LogP contribution in [-0.2, 0) is 14.8 Å². The lowest BCUT2D eigenvalue weighted by Gasteiger charge is -2.31. The summed E-state index contributed by atoms with van der Waals surface area (Å²) < 4.78 is 30.5. The summed E-state index contributed by atoms with van der Waals surface area (Å²) in [6.45, 7) is 4.93. The van der Waals surface area contributed by atoms with Crippen molar-refractivity contribution in [3.8, 4) is 6.07 Å². The van der Waals surface area contributed by atoms with Gasteiger partial charge in [0.25, 0.3) is 0 Å². The van der Waals surface area contributed by atoms with Gasteiger partial charge in [0.2, 0.25) is 10.0 Å². The molecule has 0 radical (unpaired) electrons. The molecule has 5 nitrogen and oxygen atoms in total. The summed E-state index contributed by atoms with van der Waals surface area (Å²) in [5, 5.41) is 7.69. The van der Waals surface area contributed by atoms with Crippen LogP contribution in [0.4, 0.5) is 0 Å². The van der Waals surface area contributed by atoms with Gasteiger partial charge in [-0.2, -0.15) is 5.26 Å². The first-order valence-corrected chi connectivity index (χ1v) is 7.02. The SMILES string of the molecule is CCOC1CCN(S(=O)(=O)C(C)C#N)CC1. The first-order chi connectivity index (χ1) is 7.52. The number of nitrogens with zero attached hydrogens (tertiary/aromatic N) is 2. The van der Waals surface area contributed by atoms with E-state index in [0.717, 1.165) is 0 Å². The van der Waals surface area contributed by atoms with Crippen LogP contribution in [0.15, 0.2) is 0 Å². The lowest BCUT2D eigenvalue weighted by Crippen LogP contribution is -2.44. The second kappa shape index (κ2) is 5.62. The van der Waals surface area contributed by atoms with Gasteiger partial charge < -0.3 is 4.74 Å². The van der Waals surface area contributed by atoms with Crippen molar-refractivity contribution >= 4 is 10.0 Å². The number of nitriles is 1. The smallest absolute Gasteiger partial charge is 0.230 e. The molecule has 1 aliphatic rings. The largest absolute Gasteiger partial charge is 0.378 e. The molecule has 16 heavy (non-hydrogen) atoms. The second-order valence-electron chi connectivity index (χ2n) is 3.87. The number of hydrogen-bond donors (Lipinski definition) is 0. The van der Waals surface area contributed by atoms with E-state index in [0.29, 0.717) is 32.5 Å². The van der Waals surface area contributed by atoms with Gasteiger partial charge in [0, 0.05) is 19.7 Å². The molecule has 0 aromatic carbocycles. The van der Waals surface area contributed by atoms with Gasteiger partial charge >= 0.3 is 0 Å². The van der Waals surface area contributed by atoms with Crippen molar-refractivity contribution in [1.82, 2.24) is 4.31 Å². The molecule has 0 N–H and O–H groups in total. The van der Waals surface area contributed by atoms with Gasteiger partial charge in [-0.25, -0.2) is 12.7 Å².